The molecule has 0 amide bonds. The zero-order valence-electron chi connectivity index (χ0n) is 14.6. The highest BCUT2D eigenvalue weighted by Gasteiger charge is 2.37. The number of nitrogens with one attached hydrogen (secondary N) is 2. The van der Waals surface area contributed by atoms with Crippen molar-refractivity contribution in [2.75, 3.05) is 24.6 Å². The second kappa shape index (κ2) is 6.74. The van der Waals surface area contributed by atoms with Crippen molar-refractivity contribution < 1.29 is 16.8 Å². The number of aryl methyl sites for hydroxylation is 3. The molecule has 0 unspecified atom stereocenters. The second-order valence-electron chi connectivity index (χ2n) is 6.93. The lowest BCUT2D eigenvalue weighted by atomic mass is 10.0. The van der Waals surface area contributed by atoms with Gasteiger partial charge in [0.15, 0.2) is 9.84 Å². The summed E-state index contributed by atoms with van der Waals surface area (Å²) in [6, 6.07) is 3.55. The van der Waals surface area contributed by atoms with Crippen LogP contribution < -0.4 is 10.0 Å². The highest BCUT2D eigenvalue weighted by molar-refractivity contribution is 7.91. The maximum Gasteiger partial charge on any atom is 0.240 e. The summed E-state index contributed by atoms with van der Waals surface area (Å²) < 4.78 is 50.6. The Kier molecular flexibility index (Phi) is 5.44. The summed E-state index contributed by atoms with van der Waals surface area (Å²) in [5.74, 6) is 0.285. The fourth-order valence-electron chi connectivity index (χ4n) is 3.00. The lowest BCUT2D eigenvalue weighted by molar-refractivity contribution is 0.400. The van der Waals surface area contributed by atoms with Gasteiger partial charge in [-0.3, -0.25) is 0 Å². The maximum atomic E-state index is 12.5. The van der Waals surface area contributed by atoms with Crippen molar-refractivity contribution in [3.63, 3.8) is 0 Å². The van der Waals surface area contributed by atoms with Crippen LogP contribution in [0.3, 0.4) is 0 Å². The van der Waals surface area contributed by atoms with Gasteiger partial charge in [-0.2, -0.15) is 0 Å². The second-order valence-corrected chi connectivity index (χ2v) is 10.8. The van der Waals surface area contributed by atoms with Gasteiger partial charge in [-0.25, -0.2) is 21.6 Å². The molecule has 0 saturated carbocycles. The fourth-order valence-corrected chi connectivity index (χ4v) is 6.46. The Hall–Kier alpha value is -0.960. The van der Waals surface area contributed by atoms with Crippen LogP contribution in [0.4, 0.5) is 0 Å². The van der Waals surface area contributed by atoms with Crippen molar-refractivity contribution >= 4 is 19.9 Å². The zero-order chi connectivity index (χ0) is 18.2. The molecule has 2 rings (SSSR count). The van der Waals surface area contributed by atoms with Crippen LogP contribution in [0.25, 0.3) is 0 Å². The van der Waals surface area contributed by atoms with Crippen LogP contribution in [0, 0.1) is 20.8 Å². The Labute approximate surface area is 145 Å². The van der Waals surface area contributed by atoms with Gasteiger partial charge >= 0.3 is 0 Å². The van der Waals surface area contributed by atoms with Crippen LogP contribution in [0.2, 0.25) is 0 Å². The Bertz CT molecular complexity index is 832. The first-order chi connectivity index (χ1) is 10.9. The lowest BCUT2D eigenvalue weighted by Gasteiger charge is -2.24. The molecule has 2 N–H and O–H groups in total. The minimum absolute atomic E-state index is 0.100. The molecular formula is C16H26N2O4S2. The third-order valence-electron chi connectivity index (χ3n) is 4.55. The summed E-state index contributed by atoms with van der Waals surface area (Å²) in [6.45, 7) is 8.08. The largest absolute Gasteiger partial charge is 0.309 e. The molecule has 0 aliphatic carbocycles. The van der Waals surface area contributed by atoms with Gasteiger partial charge in [0, 0.05) is 18.6 Å². The van der Waals surface area contributed by atoms with E-state index in [-0.39, 0.29) is 18.1 Å². The molecule has 6 nitrogen and oxygen atoms in total. The average Bonchev–Trinajstić information content (AvgIpc) is 2.73. The van der Waals surface area contributed by atoms with Crippen molar-refractivity contribution in [1.82, 2.24) is 10.0 Å². The third kappa shape index (κ3) is 4.56. The number of hydrogen-bond acceptors (Lipinski definition) is 5. The summed E-state index contributed by atoms with van der Waals surface area (Å²) >= 11 is 0. The lowest BCUT2D eigenvalue weighted by Crippen LogP contribution is -2.46. The van der Waals surface area contributed by atoms with Crippen molar-refractivity contribution in [1.29, 1.82) is 0 Å². The van der Waals surface area contributed by atoms with E-state index in [2.05, 4.69) is 10.0 Å². The minimum atomic E-state index is -3.58. The van der Waals surface area contributed by atoms with E-state index in [4.69, 9.17) is 0 Å². The van der Waals surface area contributed by atoms with Crippen LogP contribution in [0.1, 0.15) is 30.0 Å². The molecule has 1 saturated heterocycles. The number of benzene rings is 1. The Morgan fingerprint density at radius 2 is 1.71 bits per heavy atom. The summed E-state index contributed by atoms with van der Waals surface area (Å²) in [5, 5.41) is 3.17. The normalized spacial score (nSPS) is 23.5. The van der Waals surface area contributed by atoms with Crippen LogP contribution in [-0.2, 0) is 19.9 Å². The molecule has 1 fully saturated rings. The Balaban J connectivity index is 1.96. The SMILES string of the molecule is Cc1cc(C)c(S(=O)(=O)NCCN[C@]2(C)CCS(=O)(=O)C2)cc1C. The smallest absolute Gasteiger partial charge is 0.240 e. The third-order valence-corrected chi connectivity index (χ3v) is 8.06. The Morgan fingerprint density at radius 3 is 2.29 bits per heavy atom. The van der Waals surface area contributed by atoms with Crippen molar-refractivity contribution in [2.45, 2.75) is 44.6 Å². The minimum Gasteiger partial charge on any atom is -0.309 e. The zero-order valence-corrected chi connectivity index (χ0v) is 16.3. The number of sulfone groups is 1. The van der Waals surface area contributed by atoms with Gasteiger partial charge in [0.05, 0.1) is 16.4 Å². The van der Waals surface area contributed by atoms with Crippen molar-refractivity contribution in [3.05, 3.63) is 28.8 Å². The van der Waals surface area contributed by atoms with Gasteiger partial charge in [0.1, 0.15) is 0 Å². The number of sulfonamides is 1. The van der Waals surface area contributed by atoms with E-state index in [0.717, 1.165) is 11.1 Å². The maximum absolute atomic E-state index is 12.5. The van der Waals surface area contributed by atoms with Crippen LogP contribution >= 0.6 is 0 Å². The van der Waals surface area contributed by atoms with E-state index >= 15 is 0 Å². The molecule has 0 aromatic heterocycles. The molecule has 1 aliphatic rings. The molecule has 0 spiro atoms. The average molecular weight is 375 g/mol. The molecular weight excluding hydrogens is 348 g/mol. The summed E-state index contributed by atoms with van der Waals surface area (Å²) in [4.78, 5) is 0.292. The predicted molar refractivity (Wildman–Crippen MR) is 95.5 cm³/mol. The topological polar surface area (TPSA) is 92.3 Å². The van der Waals surface area contributed by atoms with E-state index in [0.29, 0.717) is 23.4 Å². The quantitative estimate of drug-likeness (QED) is 0.727. The molecule has 8 heteroatoms. The Morgan fingerprint density at radius 1 is 1.08 bits per heavy atom. The van der Waals surface area contributed by atoms with E-state index in [1.807, 2.05) is 26.8 Å². The van der Waals surface area contributed by atoms with E-state index in [1.54, 1.807) is 13.0 Å². The molecule has 0 bridgehead atoms. The fraction of sp³-hybridized carbons (Fsp3) is 0.625. The molecule has 1 heterocycles. The molecule has 24 heavy (non-hydrogen) atoms. The van der Waals surface area contributed by atoms with Crippen molar-refractivity contribution in [2.24, 2.45) is 0 Å². The predicted octanol–water partition coefficient (Wildman–Crippen LogP) is 1.06. The van der Waals surface area contributed by atoms with Gasteiger partial charge in [-0.05, 0) is 56.9 Å². The van der Waals surface area contributed by atoms with Gasteiger partial charge < -0.3 is 5.32 Å². The molecule has 136 valence electrons. The van der Waals surface area contributed by atoms with Gasteiger partial charge in [0.2, 0.25) is 10.0 Å². The van der Waals surface area contributed by atoms with E-state index in [9.17, 15) is 16.8 Å². The summed E-state index contributed by atoms with van der Waals surface area (Å²) in [6.07, 6.45) is 0.554. The van der Waals surface area contributed by atoms with Gasteiger partial charge in [0.25, 0.3) is 0 Å². The molecule has 1 aromatic carbocycles. The summed E-state index contributed by atoms with van der Waals surface area (Å²) in [7, 11) is -6.55. The van der Waals surface area contributed by atoms with Gasteiger partial charge in [-0.1, -0.05) is 6.07 Å². The summed E-state index contributed by atoms with van der Waals surface area (Å²) in [5.41, 5.74) is 2.24. The standard InChI is InChI=1S/C16H26N2O4S2/c1-12-9-14(3)15(10-13(12)2)24(21,22)18-7-6-17-16(4)5-8-23(19,20)11-16/h9-10,17-18H,5-8,11H2,1-4H3/t16-/m1/s1. The molecule has 1 aromatic rings. The monoisotopic (exact) mass is 374 g/mol. The van der Waals surface area contributed by atoms with Crippen LogP contribution in [-0.4, -0.2) is 47.0 Å². The highest BCUT2D eigenvalue weighted by atomic mass is 32.2. The van der Waals surface area contributed by atoms with Crippen molar-refractivity contribution in [3.8, 4) is 0 Å². The molecule has 1 aliphatic heterocycles. The van der Waals surface area contributed by atoms with Crippen LogP contribution in [0.5, 0.6) is 0 Å². The first kappa shape index (κ1) is 19.4. The van der Waals surface area contributed by atoms with E-state index < -0.39 is 25.4 Å². The molecule has 0 radical (unpaired) electrons. The number of rotatable bonds is 6. The number of hydrogen-bond donors (Lipinski definition) is 2. The first-order valence-corrected chi connectivity index (χ1v) is 11.3. The van der Waals surface area contributed by atoms with E-state index in [1.165, 1.54) is 0 Å². The highest BCUT2D eigenvalue weighted by Crippen LogP contribution is 2.22. The van der Waals surface area contributed by atoms with Gasteiger partial charge in [-0.15, -0.1) is 0 Å². The first-order valence-electron chi connectivity index (χ1n) is 7.97. The molecule has 1 atom stereocenters. The van der Waals surface area contributed by atoms with Crippen LogP contribution in [0.15, 0.2) is 17.0 Å².